The molecule has 75 valence electrons. The summed E-state index contributed by atoms with van der Waals surface area (Å²) in [5, 5.41) is 10.5. The Morgan fingerprint density at radius 1 is 1.54 bits per heavy atom. The van der Waals surface area contributed by atoms with Crippen molar-refractivity contribution >= 4 is 0 Å². The predicted octanol–water partition coefficient (Wildman–Crippen LogP) is 0.883. The molecule has 0 aromatic carbocycles. The zero-order chi connectivity index (χ0) is 10.1. The van der Waals surface area contributed by atoms with Gasteiger partial charge in [0.15, 0.2) is 0 Å². The van der Waals surface area contributed by atoms with E-state index >= 15 is 0 Å². The molecule has 0 N–H and O–H groups in total. The first-order chi connectivity index (χ1) is 5.91. The third kappa shape index (κ3) is 2.63. The molecule has 0 spiro atoms. The van der Waals surface area contributed by atoms with Crippen LogP contribution in [0.4, 0.5) is 0 Å². The predicted molar refractivity (Wildman–Crippen MR) is 47.5 cm³/mol. The van der Waals surface area contributed by atoms with Crippen molar-refractivity contribution < 1.29 is 9.66 Å². The van der Waals surface area contributed by atoms with Gasteiger partial charge in [-0.1, -0.05) is 0 Å². The smallest absolute Gasteiger partial charge is 0.329 e. The quantitative estimate of drug-likeness (QED) is 0.451. The third-order valence-electron chi connectivity index (χ3n) is 2.10. The highest BCUT2D eigenvalue weighted by Gasteiger charge is 2.35. The van der Waals surface area contributed by atoms with Gasteiger partial charge in [0.2, 0.25) is 0 Å². The lowest BCUT2D eigenvalue weighted by molar-refractivity contribution is -0.479. The van der Waals surface area contributed by atoms with Gasteiger partial charge in [0.25, 0.3) is 0 Å². The molecule has 0 bridgehead atoms. The standard InChI is InChI=1S/C8H15N2O3/c1-8(2,3)9-4-7(10(11)12)5-13-6-9/h4-6H2,1-3H3. The van der Waals surface area contributed by atoms with Crippen LogP contribution in [0.3, 0.4) is 0 Å². The van der Waals surface area contributed by atoms with Crippen LogP contribution in [0.25, 0.3) is 0 Å². The van der Waals surface area contributed by atoms with Crippen LogP contribution in [-0.2, 0) is 4.74 Å². The molecular weight excluding hydrogens is 172 g/mol. The third-order valence-corrected chi connectivity index (χ3v) is 2.10. The Labute approximate surface area is 77.8 Å². The minimum atomic E-state index is -0.349. The summed E-state index contributed by atoms with van der Waals surface area (Å²) in [5.74, 6) is 0. The van der Waals surface area contributed by atoms with Crippen molar-refractivity contribution in [2.45, 2.75) is 26.3 Å². The van der Waals surface area contributed by atoms with Crippen molar-refractivity contribution in [1.29, 1.82) is 0 Å². The molecule has 0 unspecified atom stereocenters. The Kier molecular flexibility index (Phi) is 2.87. The Morgan fingerprint density at radius 3 is 2.62 bits per heavy atom. The number of rotatable bonds is 1. The molecule has 1 aliphatic heterocycles. The highest BCUT2D eigenvalue weighted by molar-refractivity contribution is 4.88. The van der Waals surface area contributed by atoms with Gasteiger partial charge in [-0.3, -0.25) is 15.0 Å². The Hall–Kier alpha value is -0.680. The molecule has 1 heterocycles. The summed E-state index contributed by atoms with van der Waals surface area (Å²) in [4.78, 5) is 12.1. The molecule has 5 nitrogen and oxygen atoms in total. The van der Waals surface area contributed by atoms with Crippen LogP contribution >= 0.6 is 0 Å². The average molecular weight is 187 g/mol. The maximum absolute atomic E-state index is 10.5. The van der Waals surface area contributed by atoms with Gasteiger partial charge >= 0.3 is 6.04 Å². The Balaban J connectivity index is 2.57. The minimum absolute atomic E-state index is 0.0817. The van der Waals surface area contributed by atoms with E-state index in [1.165, 1.54) is 0 Å². The second-order valence-corrected chi connectivity index (χ2v) is 4.17. The Morgan fingerprint density at radius 2 is 2.15 bits per heavy atom. The monoisotopic (exact) mass is 187 g/mol. The summed E-state index contributed by atoms with van der Waals surface area (Å²) >= 11 is 0. The van der Waals surface area contributed by atoms with Crippen LogP contribution in [0.1, 0.15) is 20.8 Å². The summed E-state index contributed by atoms with van der Waals surface area (Å²) in [6.45, 7) is 7.06. The number of hydrogen-bond donors (Lipinski definition) is 0. The second kappa shape index (κ2) is 3.59. The number of nitro groups is 1. The van der Waals surface area contributed by atoms with Gasteiger partial charge < -0.3 is 4.74 Å². The van der Waals surface area contributed by atoms with Crippen molar-refractivity contribution in [3.63, 3.8) is 0 Å². The van der Waals surface area contributed by atoms with Gasteiger partial charge in [0.1, 0.15) is 13.3 Å². The van der Waals surface area contributed by atoms with Crippen molar-refractivity contribution in [1.82, 2.24) is 4.90 Å². The Bertz CT molecular complexity index is 200. The molecule has 1 radical (unpaired) electrons. The van der Waals surface area contributed by atoms with Crippen molar-refractivity contribution in [3.8, 4) is 0 Å². The van der Waals surface area contributed by atoms with Crippen LogP contribution in [-0.4, -0.2) is 35.2 Å². The van der Waals surface area contributed by atoms with Crippen LogP contribution in [0.5, 0.6) is 0 Å². The van der Waals surface area contributed by atoms with E-state index in [1.54, 1.807) is 0 Å². The van der Waals surface area contributed by atoms with E-state index in [-0.39, 0.29) is 23.1 Å². The molecule has 0 atom stereocenters. The average Bonchev–Trinajstić information content (AvgIpc) is 2.03. The fourth-order valence-corrected chi connectivity index (χ4v) is 1.13. The molecule has 1 aliphatic rings. The lowest BCUT2D eigenvalue weighted by atomic mass is 10.1. The van der Waals surface area contributed by atoms with E-state index in [0.717, 1.165) is 0 Å². The summed E-state index contributed by atoms with van der Waals surface area (Å²) < 4.78 is 5.13. The van der Waals surface area contributed by atoms with Gasteiger partial charge in [-0.25, -0.2) is 0 Å². The summed E-state index contributed by atoms with van der Waals surface area (Å²) in [7, 11) is 0. The first-order valence-corrected chi connectivity index (χ1v) is 4.23. The molecule has 13 heavy (non-hydrogen) atoms. The lowest BCUT2D eigenvalue weighted by Crippen LogP contribution is -2.50. The van der Waals surface area contributed by atoms with Crippen molar-refractivity contribution in [2.24, 2.45) is 0 Å². The van der Waals surface area contributed by atoms with E-state index in [9.17, 15) is 10.1 Å². The topological polar surface area (TPSA) is 55.6 Å². The number of hydrogen-bond acceptors (Lipinski definition) is 4. The van der Waals surface area contributed by atoms with E-state index in [1.807, 2.05) is 25.7 Å². The molecule has 5 heteroatoms. The molecule has 0 amide bonds. The maximum Gasteiger partial charge on any atom is 0.329 e. The van der Waals surface area contributed by atoms with Gasteiger partial charge in [-0.15, -0.1) is 0 Å². The fraction of sp³-hybridized carbons (Fsp3) is 0.875. The molecular formula is C8H15N2O3. The zero-order valence-corrected chi connectivity index (χ0v) is 8.24. The second-order valence-electron chi connectivity index (χ2n) is 4.17. The normalized spacial score (nSPS) is 21.8. The van der Waals surface area contributed by atoms with Crippen LogP contribution in [0, 0.1) is 16.2 Å². The SMILES string of the molecule is CC(C)(C)N1COC[C]([N+](=O)[O-])C1. The molecule has 0 aliphatic carbocycles. The van der Waals surface area contributed by atoms with E-state index in [0.29, 0.717) is 13.3 Å². The van der Waals surface area contributed by atoms with Gasteiger partial charge in [0, 0.05) is 10.5 Å². The molecule has 0 aromatic heterocycles. The summed E-state index contributed by atoms with van der Waals surface area (Å²) in [5.41, 5.74) is -0.0817. The van der Waals surface area contributed by atoms with E-state index in [2.05, 4.69) is 0 Å². The van der Waals surface area contributed by atoms with Gasteiger partial charge in [0.05, 0.1) is 6.54 Å². The van der Waals surface area contributed by atoms with Crippen LogP contribution in [0.15, 0.2) is 0 Å². The zero-order valence-electron chi connectivity index (χ0n) is 8.24. The van der Waals surface area contributed by atoms with Crippen molar-refractivity contribution in [2.75, 3.05) is 19.9 Å². The van der Waals surface area contributed by atoms with Crippen molar-refractivity contribution in [3.05, 3.63) is 16.2 Å². The maximum atomic E-state index is 10.5. The van der Waals surface area contributed by atoms with E-state index < -0.39 is 0 Å². The van der Waals surface area contributed by atoms with Gasteiger partial charge in [-0.05, 0) is 20.8 Å². The van der Waals surface area contributed by atoms with E-state index in [4.69, 9.17) is 4.74 Å². The molecule has 1 saturated heterocycles. The highest BCUT2D eigenvalue weighted by atomic mass is 16.6. The molecule has 1 fully saturated rings. The number of nitrogens with zero attached hydrogens (tertiary/aromatic N) is 2. The highest BCUT2D eigenvalue weighted by Crippen LogP contribution is 2.20. The lowest BCUT2D eigenvalue weighted by Gasteiger charge is -2.37. The van der Waals surface area contributed by atoms with Crippen LogP contribution in [0.2, 0.25) is 0 Å². The largest absolute Gasteiger partial charge is 0.358 e. The summed E-state index contributed by atoms with van der Waals surface area (Å²) in [6, 6.07) is 0.237. The molecule has 0 saturated carbocycles. The van der Waals surface area contributed by atoms with Crippen LogP contribution < -0.4 is 0 Å². The number of ether oxygens (including phenoxy) is 1. The summed E-state index contributed by atoms with van der Waals surface area (Å²) in [6.07, 6.45) is 0. The molecule has 0 aromatic rings. The fourth-order valence-electron chi connectivity index (χ4n) is 1.13. The van der Waals surface area contributed by atoms with Gasteiger partial charge in [-0.2, -0.15) is 0 Å². The minimum Gasteiger partial charge on any atom is -0.358 e. The molecule has 1 rings (SSSR count). The first kappa shape index (κ1) is 10.4. The first-order valence-electron chi connectivity index (χ1n) is 4.23.